The fourth-order valence-corrected chi connectivity index (χ4v) is 3.33. The summed E-state index contributed by atoms with van der Waals surface area (Å²) in [4.78, 5) is 12.0. The van der Waals surface area contributed by atoms with Gasteiger partial charge in [-0.3, -0.25) is 4.79 Å². The molecule has 2 aliphatic rings. The third kappa shape index (κ3) is 1.06. The molecule has 17 heavy (non-hydrogen) atoms. The number of ketones is 1. The van der Waals surface area contributed by atoms with E-state index in [1.165, 1.54) is 22.3 Å². The molecule has 0 radical (unpaired) electrons. The van der Waals surface area contributed by atoms with Gasteiger partial charge in [-0.15, -0.1) is 0 Å². The molecule has 0 fully saturated rings. The third-order valence-corrected chi connectivity index (χ3v) is 4.04. The van der Waals surface area contributed by atoms with E-state index in [0.29, 0.717) is 18.1 Å². The Labute approximate surface area is 100 Å². The van der Waals surface area contributed by atoms with Gasteiger partial charge < -0.3 is 0 Å². The summed E-state index contributed by atoms with van der Waals surface area (Å²) in [5.41, 5.74) is 6.24. The van der Waals surface area contributed by atoms with Gasteiger partial charge in [-0.2, -0.15) is 0 Å². The predicted octanol–water partition coefficient (Wildman–Crippen LogP) is 3.78. The highest BCUT2D eigenvalue weighted by Gasteiger charge is 2.35. The van der Waals surface area contributed by atoms with Gasteiger partial charge in [0.2, 0.25) is 0 Å². The normalized spacial score (nSPS) is 20.0. The van der Waals surface area contributed by atoms with Crippen molar-refractivity contribution in [3.63, 3.8) is 0 Å². The van der Waals surface area contributed by atoms with Gasteiger partial charge in [0.15, 0.2) is 5.78 Å². The van der Waals surface area contributed by atoms with Crippen molar-refractivity contribution in [1.29, 1.82) is 0 Å². The Balaban J connectivity index is 2.11. The maximum atomic E-state index is 12.0. The van der Waals surface area contributed by atoms with Gasteiger partial charge in [-0.05, 0) is 28.7 Å². The van der Waals surface area contributed by atoms with Gasteiger partial charge in [-0.1, -0.05) is 42.5 Å². The van der Waals surface area contributed by atoms with E-state index in [4.69, 9.17) is 0 Å². The monoisotopic (exact) mass is 220 g/mol. The average Bonchev–Trinajstić information content (AvgIpc) is 2.70. The second-order valence-corrected chi connectivity index (χ2v) is 4.87. The molecule has 4 rings (SSSR count). The van der Waals surface area contributed by atoms with Crippen molar-refractivity contribution in [1.82, 2.24) is 0 Å². The summed E-state index contributed by atoms with van der Waals surface area (Å²) in [6.45, 7) is 0. The molecule has 0 N–H and O–H groups in total. The van der Waals surface area contributed by atoms with Gasteiger partial charge in [0.05, 0.1) is 0 Å². The van der Waals surface area contributed by atoms with Crippen LogP contribution in [0.2, 0.25) is 0 Å². The van der Waals surface area contributed by atoms with Crippen LogP contribution in [0, 0.1) is 0 Å². The lowest BCUT2D eigenvalue weighted by atomic mass is 9.81. The molecular weight excluding hydrogens is 208 g/mol. The van der Waals surface area contributed by atoms with E-state index in [2.05, 4.69) is 30.3 Å². The molecule has 0 amide bonds. The second kappa shape index (κ2) is 3.07. The number of hydrogen-bond donors (Lipinski definition) is 0. The zero-order chi connectivity index (χ0) is 11.4. The average molecular weight is 220 g/mol. The smallest absolute Gasteiger partial charge is 0.163 e. The number of fused-ring (bicyclic) bond motifs is 3. The largest absolute Gasteiger partial charge is 0.294 e. The highest BCUT2D eigenvalue weighted by atomic mass is 16.1. The van der Waals surface area contributed by atoms with Crippen LogP contribution in [0.15, 0.2) is 42.5 Å². The number of Topliss-reactive ketones (excluding diaryl/α,β-unsaturated/α-hetero) is 1. The molecule has 1 atom stereocenters. The topological polar surface area (TPSA) is 17.1 Å². The van der Waals surface area contributed by atoms with Crippen molar-refractivity contribution in [3.05, 3.63) is 59.2 Å². The lowest BCUT2D eigenvalue weighted by molar-refractivity contribution is 0.0970. The van der Waals surface area contributed by atoms with E-state index in [0.717, 1.165) is 12.0 Å². The maximum Gasteiger partial charge on any atom is 0.163 e. The van der Waals surface area contributed by atoms with E-state index in [1.54, 1.807) is 0 Å². The molecule has 2 aromatic rings. The molecule has 0 heterocycles. The zero-order valence-electron chi connectivity index (χ0n) is 9.44. The molecule has 2 aliphatic carbocycles. The highest BCUT2D eigenvalue weighted by molar-refractivity contribution is 6.02. The first-order valence-electron chi connectivity index (χ1n) is 6.11. The number of carbonyl (C=O) groups is 1. The molecule has 1 nitrogen and oxygen atoms in total. The first-order valence-corrected chi connectivity index (χ1v) is 6.11. The van der Waals surface area contributed by atoms with Crippen LogP contribution in [0.1, 0.15) is 40.2 Å². The Morgan fingerprint density at radius 1 is 0.882 bits per heavy atom. The lowest BCUT2D eigenvalue weighted by Gasteiger charge is -2.21. The summed E-state index contributed by atoms with van der Waals surface area (Å²) in [6.07, 6.45) is 1.66. The minimum absolute atomic E-state index is 0.311. The van der Waals surface area contributed by atoms with E-state index < -0.39 is 0 Å². The van der Waals surface area contributed by atoms with Crippen molar-refractivity contribution in [3.8, 4) is 11.1 Å². The Kier molecular flexibility index (Phi) is 1.66. The van der Waals surface area contributed by atoms with Crippen molar-refractivity contribution < 1.29 is 4.79 Å². The van der Waals surface area contributed by atoms with Gasteiger partial charge in [0.25, 0.3) is 0 Å². The molecular formula is C16H12O. The molecule has 1 heteroatoms. The molecule has 0 saturated carbocycles. The number of rotatable bonds is 0. The standard InChI is InChI=1S/C16H12O/c17-15-9-8-13-11-5-2-1-4-10(11)12-6-3-7-14(15)16(12)13/h1-7,13H,8-9H2. The molecule has 0 aromatic heterocycles. The van der Waals surface area contributed by atoms with Crippen molar-refractivity contribution in [2.45, 2.75) is 18.8 Å². The van der Waals surface area contributed by atoms with Crippen LogP contribution in [-0.4, -0.2) is 5.78 Å². The Morgan fingerprint density at radius 3 is 2.59 bits per heavy atom. The van der Waals surface area contributed by atoms with Crippen LogP contribution in [0.5, 0.6) is 0 Å². The van der Waals surface area contributed by atoms with E-state index >= 15 is 0 Å². The number of carbonyl (C=O) groups excluding carboxylic acids is 1. The van der Waals surface area contributed by atoms with Crippen LogP contribution in [0.4, 0.5) is 0 Å². The summed E-state index contributed by atoms with van der Waals surface area (Å²) >= 11 is 0. The van der Waals surface area contributed by atoms with E-state index in [-0.39, 0.29) is 0 Å². The van der Waals surface area contributed by atoms with Crippen LogP contribution in [0.3, 0.4) is 0 Å². The summed E-state index contributed by atoms with van der Waals surface area (Å²) in [5, 5.41) is 0. The van der Waals surface area contributed by atoms with Gasteiger partial charge in [0.1, 0.15) is 0 Å². The quantitative estimate of drug-likeness (QED) is 0.660. The number of hydrogen-bond acceptors (Lipinski definition) is 1. The molecule has 2 aromatic carbocycles. The second-order valence-electron chi connectivity index (χ2n) is 4.87. The third-order valence-electron chi connectivity index (χ3n) is 4.04. The zero-order valence-corrected chi connectivity index (χ0v) is 9.44. The Hall–Kier alpha value is -1.89. The molecule has 1 unspecified atom stereocenters. The van der Waals surface area contributed by atoms with Crippen LogP contribution < -0.4 is 0 Å². The first kappa shape index (κ1) is 9.17. The van der Waals surface area contributed by atoms with Gasteiger partial charge in [-0.25, -0.2) is 0 Å². The van der Waals surface area contributed by atoms with Gasteiger partial charge in [0, 0.05) is 17.9 Å². The summed E-state index contributed by atoms with van der Waals surface area (Å²) in [5.74, 6) is 0.765. The van der Waals surface area contributed by atoms with Gasteiger partial charge >= 0.3 is 0 Å². The lowest BCUT2D eigenvalue weighted by Crippen LogP contribution is -2.14. The molecule has 82 valence electrons. The maximum absolute atomic E-state index is 12.0. The van der Waals surface area contributed by atoms with Crippen LogP contribution in [0.25, 0.3) is 11.1 Å². The number of benzene rings is 2. The molecule has 0 saturated heterocycles. The highest BCUT2D eigenvalue weighted by Crippen LogP contribution is 2.50. The summed E-state index contributed by atoms with van der Waals surface area (Å²) in [6, 6.07) is 14.7. The van der Waals surface area contributed by atoms with Crippen molar-refractivity contribution >= 4 is 5.78 Å². The minimum Gasteiger partial charge on any atom is -0.294 e. The first-order chi connectivity index (χ1) is 8.36. The molecule has 0 bridgehead atoms. The van der Waals surface area contributed by atoms with E-state index in [1.807, 2.05) is 12.1 Å². The van der Waals surface area contributed by atoms with Crippen molar-refractivity contribution in [2.75, 3.05) is 0 Å². The molecule has 0 aliphatic heterocycles. The fraction of sp³-hybridized carbons (Fsp3) is 0.188. The van der Waals surface area contributed by atoms with Crippen molar-refractivity contribution in [2.24, 2.45) is 0 Å². The minimum atomic E-state index is 0.311. The van der Waals surface area contributed by atoms with Crippen LogP contribution >= 0.6 is 0 Å². The SMILES string of the molecule is O=C1CCC2c3ccccc3-c3cccc1c32. The Morgan fingerprint density at radius 2 is 1.65 bits per heavy atom. The van der Waals surface area contributed by atoms with E-state index in [9.17, 15) is 4.79 Å². The van der Waals surface area contributed by atoms with Crippen LogP contribution in [-0.2, 0) is 0 Å². The molecule has 0 spiro atoms. The fourth-order valence-electron chi connectivity index (χ4n) is 3.33. The Bertz CT molecular complexity index is 640. The predicted molar refractivity (Wildman–Crippen MR) is 67.3 cm³/mol. The summed E-state index contributed by atoms with van der Waals surface area (Å²) < 4.78 is 0. The summed E-state index contributed by atoms with van der Waals surface area (Å²) in [7, 11) is 0.